The summed E-state index contributed by atoms with van der Waals surface area (Å²) in [4.78, 5) is 29.2. The molecule has 0 N–H and O–H groups in total. The molecule has 4 rings (SSSR count). The fourth-order valence-electron chi connectivity index (χ4n) is 2.64. The summed E-state index contributed by atoms with van der Waals surface area (Å²) in [5.74, 6) is -0.375. The minimum atomic E-state index is -0.551. The molecular weight excluding hydrogens is 395 g/mol. The number of hydrogen-bond donors (Lipinski definition) is 0. The highest BCUT2D eigenvalue weighted by Crippen LogP contribution is 2.17. The smallest absolute Gasteiger partial charge is 0.338 e. The molecule has 0 spiro atoms. The van der Waals surface area contributed by atoms with Gasteiger partial charge in [0.1, 0.15) is 24.8 Å². The lowest BCUT2D eigenvalue weighted by Crippen LogP contribution is -2.14. The second-order valence-electron chi connectivity index (χ2n) is 6.16. The van der Waals surface area contributed by atoms with Crippen molar-refractivity contribution in [2.75, 3.05) is 0 Å². The molecule has 29 heavy (non-hydrogen) atoms. The van der Waals surface area contributed by atoms with Gasteiger partial charge in [-0.25, -0.2) is 14.2 Å². The predicted molar refractivity (Wildman–Crippen MR) is 106 cm³/mol. The maximum Gasteiger partial charge on any atom is 0.338 e. The highest BCUT2D eigenvalue weighted by molar-refractivity contribution is 7.15. The largest absolute Gasteiger partial charge is 0.489 e. The van der Waals surface area contributed by atoms with Crippen molar-refractivity contribution in [1.29, 1.82) is 0 Å². The van der Waals surface area contributed by atoms with Gasteiger partial charge < -0.3 is 9.47 Å². The van der Waals surface area contributed by atoms with Gasteiger partial charge in [-0.15, -0.1) is 11.3 Å². The van der Waals surface area contributed by atoms with Gasteiger partial charge in [-0.3, -0.25) is 9.20 Å². The Bertz CT molecular complexity index is 1220. The first-order chi connectivity index (χ1) is 14.1. The number of hydrogen-bond acceptors (Lipinski definition) is 6. The highest BCUT2D eigenvalue weighted by atomic mass is 32.1. The predicted octanol–water partition coefficient (Wildman–Crippen LogP) is 3.83. The Kier molecular flexibility index (Phi) is 5.35. The Morgan fingerprint density at radius 3 is 2.76 bits per heavy atom. The van der Waals surface area contributed by atoms with E-state index in [1.54, 1.807) is 48.0 Å². The maximum absolute atomic E-state index is 13.0. The molecule has 8 heteroatoms. The topological polar surface area (TPSA) is 69.9 Å². The molecule has 0 bridgehead atoms. The molecule has 0 amide bonds. The van der Waals surface area contributed by atoms with E-state index in [0.717, 1.165) is 5.56 Å². The number of aromatic nitrogens is 2. The summed E-state index contributed by atoms with van der Waals surface area (Å²) in [6.45, 7) is 0.136. The number of ether oxygens (including phenoxy) is 2. The van der Waals surface area contributed by atoms with E-state index in [2.05, 4.69) is 4.98 Å². The molecule has 4 aromatic rings. The van der Waals surface area contributed by atoms with E-state index in [-0.39, 0.29) is 24.6 Å². The van der Waals surface area contributed by atoms with Crippen LogP contribution < -0.4 is 10.3 Å². The molecule has 0 saturated carbocycles. The van der Waals surface area contributed by atoms with Crippen molar-refractivity contribution in [1.82, 2.24) is 9.38 Å². The van der Waals surface area contributed by atoms with Crippen molar-refractivity contribution in [3.8, 4) is 5.75 Å². The van der Waals surface area contributed by atoms with Gasteiger partial charge in [0.25, 0.3) is 5.56 Å². The Balaban J connectivity index is 1.39. The van der Waals surface area contributed by atoms with E-state index in [4.69, 9.17) is 9.47 Å². The Labute approximate surface area is 168 Å². The van der Waals surface area contributed by atoms with Crippen molar-refractivity contribution in [2.45, 2.75) is 13.2 Å². The van der Waals surface area contributed by atoms with Crippen LogP contribution in [0, 0.1) is 5.82 Å². The molecule has 0 aliphatic rings. The molecule has 0 unspecified atom stereocenters. The van der Waals surface area contributed by atoms with Crippen LogP contribution >= 0.6 is 11.3 Å². The van der Waals surface area contributed by atoms with Crippen LogP contribution in [0.5, 0.6) is 5.75 Å². The van der Waals surface area contributed by atoms with Crippen molar-refractivity contribution < 1.29 is 18.7 Å². The van der Waals surface area contributed by atoms with E-state index >= 15 is 0 Å². The molecule has 0 fully saturated rings. The third kappa shape index (κ3) is 4.49. The monoisotopic (exact) mass is 410 g/mol. The first-order valence-electron chi connectivity index (χ1n) is 8.69. The number of halogens is 1. The van der Waals surface area contributed by atoms with Crippen molar-refractivity contribution in [2.24, 2.45) is 0 Å². The third-order valence-electron chi connectivity index (χ3n) is 4.10. The number of nitrogens with zero attached hydrogens (tertiary/aromatic N) is 2. The summed E-state index contributed by atoms with van der Waals surface area (Å²) >= 11 is 1.33. The van der Waals surface area contributed by atoms with Gasteiger partial charge in [0.15, 0.2) is 4.96 Å². The summed E-state index contributed by atoms with van der Waals surface area (Å²) in [7, 11) is 0. The fraction of sp³-hybridized carbons (Fsp3) is 0.0952. The number of benzene rings is 2. The van der Waals surface area contributed by atoms with Crippen LogP contribution in [-0.4, -0.2) is 15.4 Å². The quantitative estimate of drug-likeness (QED) is 0.452. The highest BCUT2D eigenvalue weighted by Gasteiger charge is 2.11. The van der Waals surface area contributed by atoms with Gasteiger partial charge in [-0.1, -0.05) is 18.2 Å². The van der Waals surface area contributed by atoms with Crippen molar-refractivity contribution in [3.63, 3.8) is 0 Å². The average Bonchev–Trinajstić information content (AvgIpc) is 3.21. The fourth-order valence-corrected chi connectivity index (χ4v) is 3.38. The van der Waals surface area contributed by atoms with Crippen LogP contribution in [0.25, 0.3) is 4.96 Å². The molecule has 2 heterocycles. The summed E-state index contributed by atoms with van der Waals surface area (Å²) in [5.41, 5.74) is 1.28. The van der Waals surface area contributed by atoms with Gasteiger partial charge in [-0.2, -0.15) is 0 Å². The molecular formula is C21H15FN2O4S. The third-order valence-corrected chi connectivity index (χ3v) is 4.85. The van der Waals surface area contributed by atoms with Gasteiger partial charge in [-0.05, 0) is 35.9 Å². The number of rotatable bonds is 6. The van der Waals surface area contributed by atoms with Crippen LogP contribution in [-0.2, 0) is 18.0 Å². The summed E-state index contributed by atoms with van der Waals surface area (Å²) < 4.78 is 25.3. The van der Waals surface area contributed by atoms with Crippen LogP contribution in [0.3, 0.4) is 0 Å². The molecule has 2 aromatic carbocycles. The van der Waals surface area contributed by atoms with Gasteiger partial charge in [0.2, 0.25) is 0 Å². The van der Waals surface area contributed by atoms with Crippen LogP contribution in [0.2, 0.25) is 0 Å². The minimum absolute atomic E-state index is 0.108. The summed E-state index contributed by atoms with van der Waals surface area (Å²) in [6.07, 6.45) is 1.64. The maximum atomic E-state index is 13.0. The van der Waals surface area contributed by atoms with Crippen LogP contribution in [0.15, 0.2) is 71.0 Å². The zero-order valence-corrected chi connectivity index (χ0v) is 15.9. The lowest BCUT2D eigenvalue weighted by molar-refractivity contribution is 0.0467. The Hall–Kier alpha value is -3.52. The van der Waals surface area contributed by atoms with Crippen LogP contribution in [0.1, 0.15) is 21.6 Å². The molecule has 0 saturated heterocycles. The number of carbonyl (C=O) groups is 1. The molecule has 146 valence electrons. The Morgan fingerprint density at radius 1 is 1.10 bits per heavy atom. The second kappa shape index (κ2) is 8.24. The first kappa shape index (κ1) is 18.8. The molecule has 2 aromatic heterocycles. The molecule has 0 aliphatic carbocycles. The van der Waals surface area contributed by atoms with Gasteiger partial charge in [0.05, 0.1) is 11.3 Å². The van der Waals surface area contributed by atoms with E-state index in [1.807, 2.05) is 0 Å². The molecule has 6 nitrogen and oxygen atoms in total. The standard InChI is InChI=1S/C21H15FN2O4S/c22-16-6-4-14(5-7-16)12-27-18-3-1-2-15(10-18)20(26)28-13-17-11-19(25)24-8-9-29-21(24)23-17/h1-11H,12-13H2. The van der Waals surface area contributed by atoms with Crippen molar-refractivity contribution in [3.05, 3.63) is 99.2 Å². The summed E-state index contributed by atoms with van der Waals surface area (Å²) in [6, 6.07) is 13.9. The van der Waals surface area contributed by atoms with E-state index < -0.39 is 5.97 Å². The summed E-state index contributed by atoms with van der Waals surface area (Å²) in [5, 5.41) is 1.76. The van der Waals surface area contributed by atoms with Gasteiger partial charge in [0, 0.05) is 17.6 Å². The minimum Gasteiger partial charge on any atom is -0.489 e. The normalized spacial score (nSPS) is 10.8. The number of fused-ring (bicyclic) bond motifs is 1. The lowest BCUT2D eigenvalue weighted by Gasteiger charge is -2.09. The second-order valence-corrected chi connectivity index (χ2v) is 7.03. The van der Waals surface area contributed by atoms with Crippen molar-refractivity contribution >= 4 is 22.3 Å². The van der Waals surface area contributed by atoms with Gasteiger partial charge >= 0.3 is 5.97 Å². The average molecular weight is 410 g/mol. The molecule has 0 radical (unpaired) electrons. The van der Waals surface area contributed by atoms with Crippen LogP contribution in [0.4, 0.5) is 4.39 Å². The SMILES string of the molecule is O=C(OCc1cc(=O)n2ccsc2n1)c1cccc(OCc2ccc(F)cc2)c1. The molecule has 0 atom stereocenters. The van der Waals surface area contributed by atoms with E-state index in [1.165, 1.54) is 33.9 Å². The zero-order valence-electron chi connectivity index (χ0n) is 15.1. The van der Waals surface area contributed by atoms with E-state index in [0.29, 0.717) is 22.0 Å². The number of thiazole rings is 1. The lowest BCUT2D eigenvalue weighted by atomic mass is 10.2. The zero-order chi connectivity index (χ0) is 20.2. The number of carbonyl (C=O) groups excluding carboxylic acids is 1. The molecule has 0 aliphatic heterocycles. The first-order valence-corrected chi connectivity index (χ1v) is 9.57. The number of esters is 1. The Morgan fingerprint density at radius 2 is 1.93 bits per heavy atom. The van der Waals surface area contributed by atoms with E-state index in [9.17, 15) is 14.0 Å².